The molecule has 0 unspecified atom stereocenters. The lowest BCUT2D eigenvalue weighted by Gasteiger charge is -2.39. The Bertz CT molecular complexity index is 326. The molecular weight excluding hydrogens is 372 g/mol. The van der Waals surface area contributed by atoms with E-state index in [-0.39, 0.29) is 12.6 Å². The molecule has 9 heteroatoms. The summed E-state index contributed by atoms with van der Waals surface area (Å²) in [4.78, 5) is 0. The SMILES string of the molecule is COC(CC[Si](C)(C)O[Si](C)(C)O[Si](C)(C)CCC(OC)OC)OC. The van der Waals surface area contributed by atoms with Gasteiger partial charge in [-0.15, -0.1) is 0 Å². The molecule has 0 aliphatic carbocycles. The van der Waals surface area contributed by atoms with E-state index in [0.717, 1.165) is 24.9 Å². The first-order valence-corrected chi connectivity index (χ1v) is 18.0. The Balaban J connectivity index is 4.61. The highest BCUT2D eigenvalue weighted by Crippen LogP contribution is 2.27. The van der Waals surface area contributed by atoms with E-state index >= 15 is 0 Å². The summed E-state index contributed by atoms with van der Waals surface area (Å²) in [5.41, 5.74) is 0. The molecule has 0 aromatic heterocycles. The number of methoxy groups -OCH3 is 4. The first-order valence-electron chi connectivity index (χ1n) is 8.92. The van der Waals surface area contributed by atoms with Crippen LogP contribution < -0.4 is 0 Å². The fourth-order valence-electron chi connectivity index (χ4n) is 3.05. The van der Waals surface area contributed by atoms with Crippen LogP contribution in [0, 0.1) is 0 Å². The molecular formula is C16H40O6Si3. The molecule has 152 valence electrons. The summed E-state index contributed by atoms with van der Waals surface area (Å²) in [5, 5.41) is 0. The molecule has 0 rings (SSSR count). The first kappa shape index (κ1) is 25.4. The maximum Gasteiger partial charge on any atom is 0.311 e. The molecule has 0 N–H and O–H groups in total. The maximum absolute atomic E-state index is 6.58. The van der Waals surface area contributed by atoms with E-state index in [1.54, 1.807) is 28.4 Å². The average Bonchev–Trinajstić information content (AvgIpc) is 2.46. The van der Waals surface area contributed by atoms with Crippen molar-refractivity contribution < 1.29 is 27.2 Å². The molecule has 0 aliphatic rings. The van der Waals surface area contributed by atoms with E-state index < -0.39 is 25.2 Å². The topological polar surface area (TPSA) is 55.4 Å². The van der Waals surface area contributed by atoms with Gasteiger partial charge in [0.25, 0.3) is 0 Å². The molecule has 0 aromatic carbocycles. The average molecular weight is 413 g/mol. The molecule has 0 saturated carbocycles. The molecule has 0 spiro atoms. The molecule has 25 heavy (non-hydrogen) atoms. The monoisotopic (exact) mass is 412 g/mol. The van der Waals surface area contributed by atoms with Crippen LogP contribution in [0.25, 0.3) is 0 Å². The Kier molecular flexibility index (Phi) is 11.5. The van der Waals surface area contributed by atoms with Gasteiger partial charge in [0.15, 0.2) is 29.2 Å². The van der Waals surface area contributed by atoms with Crippen molar-refractivity contribution in [2.24, 2.45) is 0 Å². The second-order valence-corrected chi connectivity index (χ2v) is 20.5. The normalized spacial score (nSPS) is 13.9. The highest BCUT2D eigenvalue weighted by molar-refractivity contribution is 6.87. The third-order valence-corrected chi connectivity index (χ3v) is 15.4. The summed E-state index contributed by atoms with van der Waals surface area (Å²) in [6.45, 7) is 13.3. The molecule has 0 aliphatic heterocycles. The summed E-state index contributed by atoms with van der Waals surface area (Å²) in [5.74, 6) is 0. The van der Waals surface area contributed by atoms with Crippen LogP contribution >= 0.6 is 0 Å². The van der Waals surface area contributed by atoms with Gasteiger partial charge >= 0.3 is 8.56 Å². The van der Waals surface area contributed by atoms with Crippen LogP contribution in [0.3, 0.4) is 0 Å². The third kappa shape index (κ3) is 11.7. The largest absolute Gasteiger partial charge is 0.437 e. The van der Waals surface area contributed by atoms with Crippen molar-refractivity contribution in [2.75, 3.05) is 28.4 Å². The summed E-state index contributed by atoms with van der Waals surface area (Å²) < 4.78 is 34.3. The van der Waals surface area contributed by atoms with Crippen molar-refractivity contribution in [3.8, 4) is 0 Å². The van der Waals surface area contributed by atoms with Crippen molar-refractivity contribution in [3.05, 3.63) is 0 Å². The maximum atomic E-state index is 6.58. The van der Waals surface area contributed by atoms with Gasteiger partial charge in [0, 0.05) is 28.4 Å². The summed E-state index contributed by atoms with van der Waals surface area (Å²) in [6.07, 6.45) is 1.38. The molecule has 0 fully saturated rings. The Hall–Kier alpha value is 0.411. The van der Waals surface area contributed by atoms with E-state index in [2.05, 4.69) is 39.3 Å². The number of ether oxygens (including phenoxy) is 4. The van der Waals surface area contributed by atoms with Gasteiger partial charge in [-0.3, -0.25) is 0 Å². The second kappa shape index (κ2) is 11.3. The molecule has 6 nitrogen and oxygen atoms in total. The van der Waals surface area contributed by atoms with Crippen LogP contribution in [0.5, 0.6) is 0 Å². The molecule has 0 heterocycles. The van der Waals surface area contributed by atoms with Crippen LogP contribution in [0.1, 0.15) is 12.8 Å². The number of hydrogen-bond donors (Lipinski definition) is 0. The minimum atomic E-state index is -2.20. The van der Waals surface area contributed by atoms with Crippen LogP contribution in [0.4, 0.5) is 0 Å². The fourth-order valence-corrected chi connectivity index (χ4v) is 16.9. The van der Waals surface area contributed by atoms with Gasteiger partial charge in [0.2, 0.25) is 0 Å². The summed E-state index contributed by atoms with van der Waals surface area (Å²) in [7, 11) is 0.809. The highest BCUT2D eigenvalue weighted by atomic mass is 28.5. The van der Waals surface area contributed by atoms with Gasteiger partial charge in [-0.1, -0.05) is 0 Å². The minimum Gasteiger partial charge on any atom is -0.437 e. The standard InChI is InChI=1S/C16H40O6Si3/c1-17-15(18-2)11-13-23(5,6)21-25(9,10)22-24(7,8)14-12-16(19-3)20-4/h15-16H,11-14H2,1-10H3. The van der Waals surface area contributed by atoms with Gasteiger partial charge in [-0.25, -0.2) is 0 Å². The Morgan fingerprint density at radius 3 is 1.08 bits per heavy atom. The predicted molar refractivity (Wildman–Crippen MR) is 109 cm³/mol. The van der Waals surface area contributed by atoms with E-state index in [0.29, 0.717) is 0 Å². The first-order chi connectivity index (χ1) is 11.4. The summed E-state index contributed by atoms with van der Waals surface area (Å²) in [6, 6.07) is 1.97. The van der Waals surface area contributed by atoms with Crippen LogP contribution in [-0.4, -0.2) is 66.2 Å². The van der Waals surface area contributed by atoms with E-state index in [4.69, 9.17) is 27.2 Å². The van der Waals surface area contributed by atoms with Crippen molar-refractivity contribution in [2.45, 2.75) is 76.8 Å². The Morgan fingerprint density at radius 2 is 0.840 bits per heavy atom. The minimum absolute atomic E-state index is 0.160. The third-order valence-electron chi connectivity index (χ3n) is 4.06. The zero-order valence-electron chi connectivity index (χ0n) is 17.9. The highest BCUT2D eigenvalue weighted by Gasteiger charge is 2.39. The van der Waals surface area contributed by atoms with Crippen molar-refractivity contribution in [1.82, 2.24) is 0 Å². The lowest BCUT2D eigenvalue weighted by molar-refractivity contribution is -0.103. The zero-order valence-corrected chi connectivity index (χ0v) is 20.9. The molecule has 0 aromatic rings. The van der Waals surface area contributed by atoms with Crippen molar-refractivity contribution in [3.63, 3.8) is 0 Å². The van der Waals surface area contributed by atoms with Crippen molar-refractivity contribution in [1.29, 1.82) is 0 Å². The smallest absolute Gasteiger partial charge is 0.311 e. The Labute approximate surface area is 158 Å². The zero-order chi connectivity index (χ0) is 19.7. The van der Waals surface area contributed by atoms with Crippen LogP contribution in [0.15, 0.2) is 0 Å². The number of rotatable bonds is 14. The van der Waals surface area contributed by atoms with Gasteiger partial charge < -0.3 is 27.2 Å². The van der Waals surface area contributed by atoms with Crippen LogP contribution in [0.2, 0.25) is 51.4 Å². The number of hydrogen-bond acceptors (Lipinski definition) is 6. The molecule has 0 saturated heterocycles. The second-order valence-electron chi connectivity index (χ2n) is 8.00. The molecule has 0 atom stereocenters. The predicted octanol–water partition coefficient (Wildman–Crippen LogP) is 4.15. The quantitative estimate of drug-likeness (QED) is 0.315. The Morgan fingerprint density at radius 1 is 0.560 bits per heavy atom. The lowest BCUT2D eigenvalue weighted by Crippen LogP contribution is -2.52. The summed E-state index contributed by atoms with van der Waals surface area (Å²) >= 11 is 0. The molecule has 0 radical (unpaired) electrons. The van der Waals surface area contributed by atoms with Gasteiger partial charge in [0.05, 0.1) is 0 Å². The van der Waals surface area contributed by atoms with Gasteiger partial charge in [-0.2, -0.15) is 0 Å². The van der Waals surface area contributed by atoms with Crippen LogP contribution in [-0.2, 0) is 27.2 Å². The lowest BCUT2D eigenvalue weighted by atomic mass is 10.5. The van der Waals surface area contributed by atoms with Gasteiger partial charge in [-0.05, 0) is 64.2 Å². The van der Waals surface area contributed by atoms with E-state index in [1.807, 2.05) is 0 Å². The molecule has 0 bridgehead atoms. The molecule has 0 amide bonds. The van der Waals surface area contributed by atoms with E-state index in [9.17, 15) is 0 Å². The van der Waals surface area contributed by atoms with E-state index in [1.165, 1.54) is 0 Å². The fraction of sp³-hybridized carbons (Fsp3) is 1.00. The van der Waals surface area contributed by atoms with Gasteiger partial charge in [0.1, 0.15) is 0 Å². The van der Waals surface area contributed by atoms with Crippen molar-refractivity contribution >= 4 is 25.2 Å².